The van der Waals surface area contributed by atoms with E-state index in [1.165, 1.54) is 17.8 Å². The first-order chi connectivity index (χ1) is 17.5. The lowest BCUT2D eigenvalue weighted by molar-refractivity contribution is 0.0566. The third-order valence-electron chi connectivity index (χ3n) is 7.20. The Morgan fingerprint density at radius 1 is 1.17 bits per heavy atom. The van der Waals surface area contributed by atoms with Crippen LogP contribution in [0.25, 0.3) is 5.57 Å². The molecular weight excluding hydrogens is 461 g/mol. The second-order valence-corrected chi connectivity index (χ2v) is 9.77. The van der Waals surface area contributed by atoms with Crippen molar-refractivity contribution in [1.82, 2.24) is 19.7 Å². The van der Waals surface area contributed by atoms with Crippen molar-refractivity contribution >= 4 is 23.3 Å². The Morgan fingerprint density at radius 2 is 1.94 bits per heavy atom. The number of carbonyl (C=O) groups excluding carboxylic acids is 2. The average Bonchev–Trinajstić information content (AvgIpc) is 3.33. The van der Waals surface area contributed by atoms with E-state index in [-0.39, 0.29) is 12.1 Å². The standard InChI is InChI=1S/C27H32FN5O3/c1-31(16-19-8-12-36-13-9-19)27(35)32-10-6-21(7-11-32)20-2-4-24(5-3-20)30-26(34)33-17-22-14-23(28)15-29-25(22)18-33/h2-6,14-15,19H,7-13,16-18H2,1H3,(H,30,34). The number of fused-ring (bicyclic) bond motifs is 1. The van der Waals surface area contributed by atoms with Crippen molar-refractivity contribution in [3.63, 3.8) is 0 Å². The number of nitrogens with one attached hydrogen (secondary N) is 1. The molecule has 0 bridgehead atoms. The van der Waals surface area contributed by atoms with Crippen molar-refractivity contribution in [2.45, 2.75) is 32.4 Å². The summed E-state index contributed by atoms with van der Waals surface area (Å²) in [7, 11) is 1.89. The van der Waals surface area contributed by atoms with Gasteiger partial charge in [-0.3, -0.25) is 4.98 Å². The van der Waals surface area contributed by atoms with Crippen LogP contribution >= 0.6 is 0 Å². The van der Waals surface area contributed by atoms with Crippen molar-refractivity contribution in [3.8, 4) is 0 Å². The third kappa shape index (κ3) is 5.51. The number of nitrogens with zero attached hydrogens (tertiary/aromatic N) is 4. The molecule has 4 amide bonds. The third-order valence-corrected chi connectivity index (χ3v) is 7.20. The number of pyridine rings is 1. The van der Waals surface area contributed by atoms with Crippen LogP contribution in [0.3, 0.4) is 0 Å². The summed E-state index contributed by atoms with van der Waals surface area (Å²) in [5.74, 6) is 0.126. The van der Waals surface area contributed by atoms with Gasteiger partial charge in [0, 0.05) is 52.1 Å². The van der Waals surface area contributed by atoms with Crippen LogP contribution in [-0.4, -0.2) is 71.6 Å². The number of carbonyl (C=O) groups is 2. The molecule has 0 radical (unpaired) electrons. The molecule has 1 aromatic carbocycles. The molecule has 2 aromatic rings. The fourth-order valence-electron chi connectivity index (χ4n) is 5.09. The normalized spacial score (nSPS) is 18.0. The molecule has 9 heteroatoms. The highest BCUT2D eigenvalue weighted by Gasteiger charge is 2.26. The van der Waals surface area contributed by atoms with Gasteiger partial charge in [0.1, 0.15) is 5.82 Å². The fraction of sp³-hybridized carbons (Fsp3) is 0.444. The van der Waals surface area contributed by atoms with Crippen molar-refractivity contribution in [1.29, 1.82) is 0 Å². The number of amides is 4. The average molecular weight is 494 g/mol. The van der Waals surface area contributed by atoms with Gasteiger partial charge >= 0.3 is 12.1 Å². The van der Waals surface area contributed by atoms with Crippen LogP contribution in [0.4, 0.5) is 19.7 Å². The molecule has 1 aromatic heterocycles. The lowest BCUT2D eigenvalue weighted by Gasteiger charge is -2.33. The quantitative estimate of drug-likeness (QED) is 0.688. The van der Waals surface area contributed by atoms with Gasteiger partial charge in [-0.25, -0.2) is 14.0 Å². The van der Waals surface area contributed by atoms with Gasteiger partial charge < -0.3 is 24.8 Å². The molecule has 3 aliphatic rings. The fourth-order valence-corrected chi connectivity index (χ4v) is 5.09. The SMILES string of the molecule is CN(CC1CCOCC1)C(=O)N1CC=C(c2ccc(NC(=O)N3Cc4cc(F)cnc4C3)cc2)CC1. The van der Waals surface area contributed by atoms with Crippen LogP contribution < -0.4 is 5.32 Å². The number of hydrogen-bond acceptors (Lipinski definition) is 4. The smallest absolute Gasteiger partial charge is 0.322 e. The molecule has 8 nitrogen and oxygen atoms in total. The van der Waals surface area contributed by atoms with Gasteiger partial charge in [0.2, 0.25) is 0 Å². The van der Waals surface area contributed by atoms with E-state index in [9.17, 15) is 14.0 Å². The lowest BCUT2D eigenvalue weighted by Crippen LogP contribution is -2.45. The minimum Gasteiger partial charge on any atom is -0.381 e. The van der Waals surface area contributed by atoms with Crippen molar-refractivity contribution < 1.29 is 18.7 Å². The van der Waals surface area contributed by atoms with Crippen LogP contribution in [0, 0.1) is 11.7 Å². The molecule has 190 valence electrons. The van der Waals surface area contributed by atoms with E-state index < -0.39 is 5.82 Å². The van der Waals surface area contributed by atoms with E-state index in [4.69, 9.17) is 4.74 Å². The Bertz CT molecular complexity index is 1150. The maximum Gasteiger partial charge on any atom is 0.322 e. The van der Waals surface area contributed by atoms with E-state index in [1.807, 2.05) is 41.1 Å². The number of halogens is 1. The lowest BCUT2D eigenvalue weighted by atomic mass is 9.99. The largest absolute Gasteiger partial charge is 0.381 e. The van der Waals surface area contributed by atoms with E-state index in [0.717, 1.165) is 55.8 Å². The molecule has 0 saturated carbocycles. The van der Waals surface area contributed by atoms with E-state index in [0.29, 0.717) is 37.8 Å². The Balaban J connectivity index is 1.12. The highest BCUT2D eigenvalue weighted by molar-refractivity contribution is 5.90. The van der Waals surface area contributed by atoms with E-state index in [1.54, 1.807) is 4.90 Å². The van der Waals surface area contributed by atoms with Crippen LogP contribution in [0.1, 0.15) is 36.1 Å². The Morgan fingerprint density at radius 3 is 2.67 bits per heavy atom. The Hall–Kier alpha value is -3.46. The molecule has 5 rings (SSSR count). The zero-order valence-corrected chi connectivity index (χ0v) is 20.6. The maximum atomic E-state index is 13.4. The van der Waals surface area contributed by atoms with Gasteiger partial charge in [-0.05, 0) is 60.1 Å². The Labute approximate surface area is 210 Å². The first kappa shape index (κ1) is 24.2. The molecule has 1 N–H and O–H groups in total. The summed E-state index contributed by atoms with van der Waals surface area (Å²) in [4.78, 5) is 35.0. The molecule has 3 aliphatic heterocycles. The van der Waals surface area contributed by atoms with Crippen molar-refractivity contribution in [2.24, 2.45) is 5.92 Å². The second kappa shape index (κ2) is 10.7. The van der Waals surface area contributed by atoms with Gasteiger partial charge in [-0.1, -0.05) is 18.2 Å². The second-order valence-electron chi connectivity index (χ2n) is 9.77. The highest BCUT2D eigenvalue weighted by atomic mass is 19.1. The summed E-state index contributed by atoms with van der Waals surface area (Å²) in [5.41, 5.74) is 4.46. The van der Waals surface area contributed by atoms with Gasteiger partial charge in [0.15, 0.2) is 0 Å². The number of hydrogen-bond donors (Lipinski definition) is 1. The summed E-state index contributed by atoms with van der Waals surface area (Å²) >= 11 is 0. The highest BCUT2D eigenvalue weighted by Crippen LogP contribution is 2.26. The number of anilines is 1. The van der Waals surface area contributed by atoms with Crippen LogP contribution in [0.2, 0.25) is 0 Å². The zero-order valence-electron chi connectivity index (χ0n) is 20.6. The number of rotatable bonds is 4. The molecule has 4 heterocycles. The molecule has 1 saturated heterocycles. The molecule has 0 spiro atoms. The number of urea groups is 2. The topological polar surface area (TPSA) is 78.0 Å². The number of benzene rings is 1. The van der Waals surface area contributed by atoms with Gasteiger partial charge in [-0.15, -0.1) is 0 Å². The first-order valence-corrected chi connectivity index (χ1v) is 12.5. The minimum absolute atomic E-state index is 0.0804. The minimum atomic E-state index is -0.391. The van der Waals surface area contributed by atoms with Crippen LogP contribution in [-0.2, 0) is 17.8 Å². The molecule has 0 unspecified atom stereocenters. The summed E-state index contributed by atoms with van der Waals surface area (Å²) in [6, 6.07) is 9.02. The Kier molecular flexibility index (Phi) is 7.18. The first-order valence-electron chi connectivity index (χ1n) is 12.5. The maximum absolute atomic E-state index is 13.4. The molecular formula is C27H32FN5O3. The van der Waals surface area contributed by atoms with E-state index in [2.05, 4.69) is 16.4 Å². The van der Waals surface area contributed by atoms with E-state index >= 15 is 0 Å². The zero-order chi connectivity index (χ0) is 25.1. The van der Waals surface area contributed by atoms with Gasteiger partial charge in [-0.2, -0.15) is 0 Å². The number of aromatic nitrogens is 1. The molecule has 0 aliphatic carbocycles. The monoisotopic (exact) mass is 493 g/mol. The predicted molar refractivity (Wildman–Crippen MR) is 135 cm³/mol. The van der Waals surface area contributed by atoms with Crippen molar-refractivity contribution in [2.75, 3.05) is 45.2 Å². The van der Waals surface area contributed by atoms with Crippen LogP contribution in [0.15, 0.2) is 42.6 Å². The molecule has 36 heavy (non-hydrogen) atoms. The molecule has 0 atom stereocenters. The number of ether oxygens (including phenoxy) is 1. The predicted octanol–water partition coefficient (Wildman–Crippen LogP) is 4.34. The molecule has 1 fully saturated rings. The summed E-state index contributed by atoms with van der Waals surface area (Å²) < 4.78 is 18.8. The summed E-state index contributed by atoms with van der Waals surface area (Å²) in [6.07, 6.45) is 6.12. The van der Waals surface area contributed by atoms with Gasteiger partial charge in [0.05, 0.1) is 18.4 Å². The van der Waals surface area contributed by atoms with Crippen LogP contribution in [0.5, 0.6) is 0 Å². The van der Waals surface area contributed by atoms with Crippen molar-refractivity contribution in [3.05, 3.63) is 65.2 Å². The van der Waals surface area contributed by atoms with Gasteiger partial charge in [0.25, 0.3) is 0 Å². The summed E-state index contributed by atoms with van der Waals surface area (Å²) in [6.45, 7) is 4.34. The summed E-state index contributed by atoms with van der Waals surface area (Å²) in [5, 5.41) is 2.91.